The summed E-state index contributed by atoms with van der Waals surface area (Å²) in [6.07, 6.45) is 4.80. The average Bonchev–Trinajstić information content (AvgIpc) is 2.72. The van der Waals surface area contributed by atoms with Crippen LogP contribution in [0.1, 0.15) is 42.2 Å². The first kappa shape index (κ1) is 9.22. The van der Waals surface area contributed by atoms with E-state index in [0.29, 0.717) is 5.92 Å². The van der Waals surface area contributed by atoms with Crippen molar-refractivity contribution in [3.05, 3.63) is 21.9 Å². The van der Waals surface area contributed by atoms with Crippen molar-refractivity contribution in [2.24, 2.45) is 5.92 Å². The molecule has 2 rings (SSSR count). The zero-order valence-electron chi connectivity index (χ0n) is 7.99. The number of hydrogen-bond acceptors (Lipinski definition) is 2. The Hall–Kier alpha value is -0.340. The highest BCUT2D eigenvalue weighted by Gasteiger charge is 2.25. The number of aliphatic hydroxyl groups is 1. The van der Waals surface area contributed by atoms with Crippen molar-refractivity contribution in [3.63, 3.8) is 0 Å². The van der Waals surface area contributed by atoms with E-state index in [2.05, 4.69) is 18.4 Å². The summed E-state index contributed by atoms with van der Waals surface area (Å²) in [5, 5.41) is 12.2. The zero-order chi connectivity index (χ0) is 9.26. The van der Waals surface area contributed by atoms with Crippen molar-refractivity contribution in [1.29, 1.82) is 0 Å². The summed E-state index contributed by atoms with van der Waals surface area (Å²) in [6, 6.07) is 2.07. The van der Waals surface area contributed by atoms with Crippen LogP contribution in [0.2, 0.25) is 0 Å². The van der Waals surface area contributed by atoms with Crippen LogP contribution in [0, 0.1) is 12.8 Å². The molecule has 13 heavy (non-hydrogen) atoms. The van der Waals surface area contributed by atoms with Gasteiger partial charge in [-0.2, -0.15) is 0 Å². The maximum Gasteiger partial charge on any atom is 0.0828 e. The molecule has 1 saturated carbocycles. The van der Waals surface area contributed by atoms with E-state index in [1.54, 1.807) is 11.3 Å². The Morgan fingerprint density at radius 1 is 1.46 bits per heavy atom. The Kier molecular flexibility index (Phi) is 2.70. The van der Waals surface area contributed by atoms with E-state index < -0.39 is 0 Å². The van der Waals surface area contributed by atoms with E-state index in [1.807, 2.05) is 0 Å². The molecule has 1 aromatic rings. The lowest BCUT2D eigenvalue weighted by Crippen LogP contribution is -2.08. The SMILES string of the molecule is Cc1sccc1C(O)C1CCCC1. The Labute approximate surface area is 83.4 Å². The molecule has 0 spiro atoms. The van der Waals surface area contributed by atoms with Gasteiger partial charge >= 0.3 is 0 Å². The van der Waals surface area contributed by atoms with E-state index in [-0.39, 0.29) is 6.10 Å². The first-order chi connectivity index (χ1) is 6.29. The highest BCUT2D eigenvalue weighted by atomic mass is 32.1. The number of aryl methyl sites for hydroxylation is 1. The van der Waals surface area contributed by atoms with Crippen LogP contribution in [0.25, 0.3) is 0 Å². The van der Waals surface area contributed by atoms with Crippen LogP contribution in [-0.2, 0) is 0 Å². The minimum Gasteiger partial charge on any atom is -0.388 e. The summed E-state index contributed by atoms with van der Waals surface area (Å²) in [5.74, 6) is 0.522. The normalized spacial score (nSPS) is 20.8. The lowest BCUT2D eigenvalue weighted by molar-refractivity contribution is 0.111. The Bertz CT molecular complexity index is 273. The lowest BCUT2D eigenvalue weighted by Gasteiger charge is -2.17. The molecule has 1 aromatic heterocycles. The summed E-state index contributed by atoms with van der Waals surface area (Å²) in [6.45, 7) is 2.10. The minimum absolute atomic E-state index is 0.200. The highest BCUT2D eigenvalue weighted by Crippen LogP contribution is 2.37. The number of hydrogen-bond donors (Lipinski definition) is 1. The van der Waals surface area contributed by atoms with E-state index in [0.717, 1.165) is 5.56 Å². The zero-order valence-corrected chi connectivity index (χ0v) is 8.81. The van der Waals surface area contributed by atoms with Crippen LogP contribution < -0.4 is 0 Å². The molecule has 72 valence electrons. The molecule has 0 aromatic carbocycles. The molecule has 1 aliphatic rings. The Balaban J connectivity index is 2.12. The molecule has 0 bridgehead atoms. The quantitative estimate of drug-likeness (QED) is 0.769. The van der Waals surface area contributed by atoms with Gasteiger partial charge in [0.15, 0.2) is 0 Å². The van der Waals surface area contributed by atoms with Gasteiger partial charge in [0, 0.05) is 4.88 Å². The van der Waals surface area contributed by atoms with Gasteiger partial charge < -0.3 is 5.11 Å². The van der Waals surface area contributed by atoms with Gasteiger partial charge in [-0.15, -0.1) is 11.3 Å². The average molecular weight is 196 g/mol. The van der Waals surface area contributed by atoms with Crippen LogP contribution in [0.4, 0.5) is 0 Å². The minimum atomic E-state index is -0.200. The van der Waals surface area contributed by atoms with Gasteiger partial charge in [-0.05, 0) is 42.7 Å². The van der Waals surface area contributed by atoms with E-state index in [1.165, 1.54) is 30.6 Å². The van der Waals surface area contributed by atoms with Gasteiger partial charge in [-0.25, -0.2) is 0 Å². The lowest BCUT2D eigenvalue weighted by atomic mass is 9.95. The summed E-state index contributed by atoms with van der Waals surface area (Å²) in [4.78, 5) is 1.28. The second kappa shape index (κ2) is 3.81. The predicted octanol–water partition coefficient (Wildman–Crippen LogP) is 3.28. The largest absolute Gasteiger partial charge is 0.388 e. The number of thiophene rings is 1. The monoisotopic (exact) mass is 196 g/mol. The van der Waals surface area contributed by atoms with Crippen molar-refractivity contribution in [2.75, 3.05) is 0 Å². The van der Waals surface area contributed by atoms with Gasteiger partial charge in [-0.1, -0.05) is 12.8 Å². The van der Waals surface area contributed by atoms with Gasteiger partial charge in [-0.3, -0.25) is 0 Å². The Morgan fingerprint density at radius 2 is 2.15 bits per heavy atom. The van der Waals surface area contributed by atoms with Crippen LogP contribution in [0.3, 0.4) is 0 Å². The standard InChI is InChI=1S/C11H16OS/c1-8-10(6-7-13-8)11(12)9-4-2-3-5-9/h6-7,9,11-12H,2-5H2,1H3. The Morgan fingerprint density at radius 3 is 2.69 bits per heavy atom. The van der Waals surface area contributed by atoms with E-state index in [4.69, 9.17) is 0 Å². The third-order valence-corrected chi connectivity index (χ3v) is 3.93. The van der Waals surface area contributed by atoms with Crippen LogP contribution in [0.15, 0.2) is 11.4 Å². The third-order valence-electron chi connectivity index (χ3n) is 3.06. The van der Waals surface area contributed by atoms with Crippen molar-refractivity contribution in [1.82, 2.24) is 0 Å². The maximum atomic E-state index is 10.1. The molecular weight excluding hydrogens is 180 g/mol. The fourth-order valence-corrected chi connectivity index (χ4v) is 2.97. The molecule has 0 aliphatic heterocycles. The van der Waals surface area contributed by atoms with Crippen molar-refractivity contribution < 1.29 is 5.11 Å². The first-order valence-corrected chi connectivity index (χ1v) is 5.89. The second-order valence-electron chi connectivity index (χ2n) is 3.92. The topological polar surface area (TPSA) is 20.2 Å². The molecule has 1 atom stereocenters. The summed E-state index contributed by atoms with van der Waals surface area (Å²) in [5.41, 5.74) is 1.16. The summed E-state index contributed by atoms with van der Waals surface area (Å²) in [7, 11) is 0. The molecule has 1 aliphatic carbocycles. The molecule has 0 saturated heterocycles. The predicted molar refractivity (Wildman–Crippen MR) is 56.0 cm³/mol. The third kappa shape index (κ3) is 1.79. The van der Waals surface area contributed by atoms with Crippen LogP contribution in [-0.4, -0.2) is 5.11 Å². The molecule has 1 unspecified atom stereocenters. The molecule has 0 amide bonds. The molecule has 1 nitrogen and oxygen atoms in total. The van der Waals surface area contributed by atoms with Gasteiger partial charge in [0.25, 0.3) is 0 Å². The molecular formula is C11H16OS. The molecule has 1 fully saturated rings. The fourth-order valence-electron chi connectivity index (χ4n) is 2.23. The molecule has 1 N–H and O–H groups in total. The van der Waals surface area contributed by atoms with E-state index in [9.17, 15) is 5.11 Å². The summed E-state index contributed by atoms with van der Waals surface area (Å²) >= 11 is 1.73. The second-order valence-corrected chi connectivity index (χ2v) is 5.04. The van der Waals surface area contributed by atoms with Crippen molar-refractivity contribution in [3.8, 4) is 0 Å². The number of aliphatic hydroxyl groups excluding tert-OH is 1. The molecule has 0 radical (unpaired) electrons. The van der Waals surface area contributed by atoms with Crippen LogP contribution in [0.5, 0.6) is 0 Å². The van der Waals surface area contributed by atoms with Crippen molar-refractivity contribution in [2.45, 2.75) is 38.7 Å². The maximum absolute atomic E-state index is 10.1. The fraction of sp³-hybridized carbons (Fsp3) is 0.636. The van der Waals surface area contributed by atoms with Gasteiger partial charge in [0.2, 0.25) is 0 Å². The molecule has 1 heterocycles. The first-order valence-electron chi connectivity index (χ1n) is 5.01. The van der Waals surface area contributed by atoms with Gasteiger partial charge in [0.05, 0.1) is 6.10 Å². The van der Waals surface area contributed by atoms with Crippen LogP contribution >= 0.6 is 11.3 Å². The van der Waals surface area contributed by atoms with Gasteiger partial charge in [0.1, 0.15) is 0 Å². The highest BCUT2D eigenvalue weighted by molar-refractivity contribution is 7.10. The van der Waals surface area contributed by atoms with E-state index >= 15 is 0 Å². The molecule has 2 heteroatoms. The number of rotatable bonds is 2. The smallest absolute Gasteiger partial charge is 0.0828 e. The van der Waals surface area contributed by atoms with Crippen molar-refractivity contribution >= 4 is 11.3 Å². The summed E-state index contributed by atoms with van der Waals surface area (Å²) < 4.78 is 0.